The lowest BCUT2D eigenvalue weighted by atomic mass is 10.1. The van der Waals surface area contributed by atoms with Crippen molar-refractivity contribution >= 4 is 6.09 Å². The zero-order valence-electron chi connectivity index (χ0n) is 11.0. The van der Waals surface area contributed by atoms with E-state index in [-0.39, 0.29) is 12.1 Å². The number of carbonyl (C=O) groups is 1. The molecule has 4 nitrogen and oxygen atoms in total. The van der Waals surface area contributed by atoms with E-state index in [1.54, 1.807) is 0 Å². The lowest BCUT2D eigenvalue weighted by Gasteiger charge is -2.23. The molecule has 18 heavy (non-hydrogen) atoms. The molecule has 1 aliphatic heterocycles. The molecule has 0 radical (unpaired) electrons. The highest BCUT2D eigenvalue weighted by molar-refractivity contribution is 5.71. The summed E-state index contributed by atoms with van der Waals surface area (Å²) in [5, 5.41) is 6.17. The zero-order valence-corrected chi connectivity index (χ0v) is 11.0. The molecule has 0 unspecified atom stereocenters. The Kier molecular flexibility index (Phi) is 4.20. The molecule has 0 bridgehead atoms. The molecule has 1 amide bonds. The van der Waals surface area contributed by atoms with Crippen LogP contribution in [-0.2, 0) is 0 Å². The Labute approximate surface area is 108 Å². The standard InChI is InChI=1S/C14H20N2O2/c1-10-4-3-5-13(11(10)2)18-14(17)16-12-6-8-15-9-7-12/h3-5,12,15H,6-9H2,1-2H3,(H,16,17). The second-order valence-electron chi connectivity index (χ2n) is 4.76. The van der Waals surface area contributed by atoms with Crippen LogP contribution in [0.1, 0.15) is 24.0 Å². The second-order valence-corrected chi connectivity index (χ2v) is 4.76. The number of piperidine rings is 1. The lowest BCUT2D eigenvalue weighted by Crippen LogP contribution is -2.43. The summed E-state index contributed by atoms with van der Waals surface area (Å²) in [5.41, 5.74) is 2.14. The molecule has 0 spiro atoms. The van der Waals surface area contributed by atoms with E-state index in [0.29, 0.717) is 5.75 Å². The van der Waals surface area contributed by atoms with Gasteiger partial charge in [-0.05, 0) is 57.0 Å². The number of hydrogen-bond donors (Lipinski definition) is 2. The quantitative estimate of drug-likeness (QED) is 0.843. The Balaban J connectivity index is 1.92. The average Bonchev–Trinajstić information content (AvgIpc) is 2.36. The fraction of sp³-hybridized carbons (Fsp3) is 0.500. The largest absolute Gasteiger partial charge is 0.412 e. The van der Waals surface area contributed by atoms with Gasteiger partial charge in [0, 0.05) is 6.04 Å². The van der Waals surface area contributed by atoms with Crippen molar-refractivity contribution in [1.29, 1.82) is 0 Å². The van der Waals surface area contributed by atoms with Crippen LogP contribution in [0.2, 0.25) is 0 Å². The van der Waals surface area contributed by atoms with Crippen LogP contribution in [0.5, 0.6) is 5.75 Å². The van der Waals surface area contributed by atoms with Crippen molar-refractivity contribution in [2.24, 2.45) is 0 Å². The minimum atomic E-state index is -0.351. The molecule has 1 aliphatic rings. The number of aryl methyl sites for hydroxylation is 1. The van der Waals surface area contributed by atoms with Crippen molar-refractivity contribution in [2.45, 2.75) is 32.7 Å². The first kappa shape index (κ1) is 12.9. The zero-order chi connectivity index (χ0) is 13.0. The molecule has 1 heterocycles. The maximum atomic E-state index is 11.8. The number of rotatable bonds is 2. The third-order valence-electron chi connectivity index (χ3n) is 3.42. The van der Waals surface area contributed by atoms with Gasteiger partial charge in [-0.25, -0.2) is 4.79 Å². The third-order valence-corrected chi connectivity index (χ3v) is 3.42. The lowest BCUT2D eigenvalue weighted by molar-refractivity contribution is 0.192. The number of benzene rings is 1. The summed E-state index contributed by atoms with van der Waals surface area (Å²) in [6, 6.07) is 5.95. The minimum absolute atomic E-state index is 0.226. The molecule has 2 N–H and O–H groups in total. The Hall–Kier alpha value is -1.55. The molecular formula is C14H20N2O2. The molecule has 98 valence electrons. The highest BCUT2D eigenvalue weighted by Crippen LogP contribution is 2.20. The van der Waals surface area contributed by atoms with E-state index in [9.17, 15) is 4.79 Å². The predicted octanol–water partition coefficient (Wildman–Crippen LogP) is 2.14. The molecule has 1 fully saturated rings. The summed E-state index contributed by atoms with van der Waals surface area (Å²) in [6.45, 7) is 5.87. The summed E-state index contributed by atoms with van der Waals surface area (Å²) in [7, 11) is 0. The molecule has 1 aromatic carbocycles. The van der Waals surface area contributed by atoms with Crippen LogP contribution in [0.4, 0.5) is 4.79 Å². The summed E-state index contributed by atoms with van der Waals surface area (Å²) >= 11 is 0. The van der Waals surface area contributed by atoms with Gasteiger partial charge in [-0.2, -0.15) is 0 Å². The molecule has 4 heteroatoms. The smallest absolute Gasteiger partial charge is 0.410 e. The summed E-state index contributed by atoms with van der Waals surface area (Å²) in [5.74, 6) is 0.640. The number of ether oxygens (including phenoxy) is 1. The van der Waals surface area contributed by atoms with Crippen molar-refractivity contribution in [3.05, 3.63) is 29.3 Å². The van der Waals surface area contributed by atoms with Gasteiger partial charge in [-0.1, -0.05) is 12.1 Å². The average molecular weight is 248 g/mol. The normalized spacial score (nSPS) is 16.3. The monoisotopic (exact) mass is 248 g/mol. The van der Waals surface area contributed by atoms with Crippen LogP contribution in [0.25, 0.3) is 0 Å². The Morgan fingerprint density at radius 2 is 2.06 bits per heavy atom. The third kappa shape index (κ3) is 3.23. The molecule has 1 aromatic rings. The second kappa shape index (κ2) is 5.87. The molecule has 0 aromatic heterocycles. The number of amides is 1. The van der Waals surface area contributed by atoms with Crippen molar-refractivity contribution in [3.63, 3.8) is 0 Å². The van der Waals surface area contributed by atoms with Crippen LogP contribution >= 0.6 is 0 Å². The van der Waals surface area contributed by atoms with Gasteiger partial charge in [-0.3, -0.25) is 0 Å². The maximum Gasteiger partial charge on any atom is 0.412 e. The minimum Gasteiger partial charge on any atom is -0.410 e. The van der Waals surface area contributed by atoms with Gasteiger partial charge in [-0.15, -0.1) is 0 Å². The number of carbonyl (C=O) groups excluding carboxylic acids is 1. The summed E-state index contributed by atoms with van der Waals surface area (Å²) in [6.07, 6.45) is 1.57. The fourth-order valence-corrected chi connectivity index (χ4v) is 2.10. The molecule has 1 saturated heterocycles. The van der Waals surface area contributed by atoms with E-state index in [1.165, 1.54) is 0 Å². The Morgan fingerprint density at radius 1 is 1.33 bits per heavy atom. The molecule has 0 atom stereocenters. The summed E-state index contributed by atoms with van der Waals surface area (Å²) in [4.78, 5) is 11.8. The fourth-order valence-electron chi connectivity index (χ4n) is 2.10. The van der Waals surface area contributed by atoms with Crippen molar-refractivity contribution in [1.82, 2.24) is 10.6 Å². The van der Waals surface area contributed by atoms with Crippen LogP contribution in [0.3, 0.4) is 0 Å². The van der Waals surface area contributed by atoms with Crippen LogP contribution in [0, 0.1) is 13.8 Å². The van der Waals surface area contributed by atoms with Crippen LogP contribution in [-0.4, -0.2) is 25.2 Å². The Bertz CT molecular complexity index is 426. The Morgan fingerprint density at radius 3 is 2.78 bits per heavy atom. The van der Waals surface area contributed by atoms with Gasteiger partial charge in [0.15, 0.2) is 0 Å². The summed E-state index contributed by atoms with van der Waals surface area (Å²) < 4.78 is 5.36. The van der Waals surface area contributed by atoms with Gasteiger partial charge in [0.05, 0.1) is 0 Å². The van der Waals surface area contributed by atoms with Crippen molar-refractivity contribution in [2.75, 3.05) is 13.1 Å². The van der Waals surface area contributed by atoms with Crippen LogP contribution in [0.15, 0.2) is 18.2 Å². The number of hydrogen-bond acceptors (Lipinski definition) is 3. The van der Waals surface area contributed by atoms with Crippen molar-refractivity contribution in [3.8, 4) is 5.75 Å². The topological polar surface area (TPSA) is 50.4 Å². The SMILES string of the molecule is Cc1cccc(OC(=O)NC2CCNCC2)c1C. The molecule has 2 rings (SSSR count). The highest BCUT2D eigenvalue weighted by atomic mass is 16.6. The van der Waals surface area contributed by atoms with Gasteiger partial charge in [0.1, 0.15) is 5.75 Å². The van der Waals surface area contributed by atoms with Gasteiger partial charge < -0.3 is 15.4 Å². The molecular weight excluding hydrogens is 228 g/mol. The van der Waals surface area contributed by atoms with E-state index < -0.39 is 0 Å². The van der Waals surface area contributed by atoms with E-state index >= 15 is 0 Å². The van der Waals surface area contributed by atoms with E-state index in [1.807, 2.05) is 32.0 Å². The van der Waals surface area contributed by atoms with E-state index in [2.05, 4.69) is 10.6 Å². The van der Waals surface area contributed by atoms with Crippen molar-refractivity contribution < 1.29 is 9.53 Å². The maximum absolute atomic E-state index is 11.8. The first-order valence-corrected chi connectivity index (χ1v) is 6.42. The molecule has 0 saturated carbocycles. The van der Waals surface area contributed by atoms with E-state index in [4.69, 9.17) is 4.74 Å². The molecule has 0 aliphatic carbocycles. The first-order valence-electron chi connectivity index (χ1n) is 6.42. The highest BCUT2D eigenvalue weighted by Gasteiger charge is 2.16. The van der Waals surface area contributed by atoms with Gasteiger partial charge in [0.25, 0.3) is 0 Å². The first-order chi connectivity index (χ1) is 8.66. The van der Waals surface area contributed by atoms with E-state index in [0.717, 1.165) is 37.1 Å². The van der Waals surface area contributed by atoms with Gasteiger partial charge >= 0.3 is 6.09 Å². The predicted molar refractivity (Wildman–Crippen MR) is 71.0 cm³/mol. The van der Waals surface area contributed by atoms with Gasteiger partial charge in [0.2, 0.25) is 0 Å². The number of nitrogens with one attached hydrogen (secondary N) is 2. The van der Waals surface area contributed by atoms with Crippen LogP contribution < -0.4 is 15.4 Å².